The van der Waals surface area contributed by atoms with Gasteiger partial charge in [-0.2, -0.15) is 0 Å². The van der Waals surface area contributed by atoms with Gasteiger partial charge in [0.05, 0.1) is 15.2 Å². The molecule has 24 heavy (non-hydrogen) atoms. The molecule has 8 heteroatoms. The van der Waals surface area contributed by atoms with Crippen molar-refractivity contribution >= 4 is 55.9 Å². The van der Waals surface area contributed by atoms with Crippen LogP contribution in [0.15, 0.2) is 34.1 Å². The number of carbonyl (C=O) groups excluding carboxylic acids is 1. The van der Waals surface area contributed by atoms with Gasteiger partial charge in [0.1, 0.15) is 10.5 Å². The van der Waals surface area contributed by atoms with Gasteiger partial charge >= 0.3 is 5.97 Å². The van der Waals surface area contributed by atoms with Crippen molar-refractivity contribution < 1.29 is 18.3 Å². The van der Waals surface area contributed by atoms with Gasteiger partial charge in [0, 0.05) is 0 Å². The minimum absolute atomic E-state index is 0.266. The number of carbonyl (C=O) groups is 1. The predicted octanol–water partition coefficient (Wildman–Crippen LogP) is 5.05. The van der Waals surface area contributed by atoms with Crippen LogP contribution in [0.5, 0.6) is 0 Å². The first-order valence-corrected chi connectivity index (χ1v) is 9.77. The molecule has 1 aromatic heterocycles. The van der Waals surface area contributed by atoms with E-state index in [4.69, 9.17) is 4.74 Å². The molecule has 1 N–H and O–H groups in total. The number of hydrogen-bond acceptors (Lipinski definition) is 4. The number of halogens is 1. The second-order valence-electron chi connectivity index (χ2n) is 6.08. The van der Waals surface area contributed by atoms with Crippen molar-refractivity contribution in [1.29, 1.82) is 0 Å². The molecule has 5 nitrogen and oxygen atoms in total. The Morgan fingerprint density at radius 3 is 2.46 bits per heavy atom. The zero-order chi connectivity index (χ0) is 18.1. The van der Waals surface area contributed by atoms with Gasteiger partial charge in [-0.05, 0) is 61.3 Å². The molecule has 0 aliphatic carbocycles. The predicted molar refractivity (Wildman–Crippen MR) is 101 cm³/mol. The third-order valence-corrected chi connectivity index (χ3v) is 5.29. The van der Waals surface area contributed by atoms with Gasteiger partial charge in [0.15, 0.2) is 0 Å². The molecule has 0 spiro atoms. The van der Waals surface area contributed by atoms with Gasteiger partial charge in [-0.1, -0.05) is 18.2 Å². The minimum atomic E-state index is -2.34. The molecular weight excluding hydrogens is 414 g/mol. The highest BCUT2D eigenvalue weighted by atomic mass is 79.9. The van der Waals surface area contributed by atoms with Crippen molar-refractivity contribution in [2.24, 2.45) is 0 Å². The molecule has 0 saturated carbocycles. The third kappa shape index (κ3) is 4.44. The number of hydrogen-bond donors (Lipinski definition) is 1. The van der Waals surface area contributed by atoms with Gasteiger partial charge in [-0.25, -0.2) is 13.3 Å². The summed E-state index contributed by atoms with van der Waals surface area (Å²) in [7, 11) is 0. The number of para-hydroxylation sites is 1. The van der Waals surface area contributed by atoms with E-state index in [0.717, 1.165) is 16.9 Å². The fourth-order valence-electron chi connectivity index (χ4n) is 2.06. The summed E-state index contributed by atoms with van der Waals surface area (Å²) >= 11 is 2.17. The van der Waals surface area contributed by atoms with Crippen molar-refractivity contribution in [3.63, 3.8) is 0 Å². The Kier molecular flexibility index (Phi) is 5.85. The molecule has 130 valence electrons. The van der Waals surface area contributed by atoms with Crippen LogP contribution in [0.3, 0.4) is 0 Å². The van der Waals surface area contributed by atoms with Crippen molar-refractivity contribution in [3.8, 4) is 0 Å². The monoisotopic (exact) mass is 431 g/mol. The molecule has 2 aromatic rings. The zero-order valence-electron chi connectivity index (χ0n) is 13.7. The lowest BCUT2D eigenvalue weighted by atomic mass is 10.2. The molecule has 0 fully saturated rings. The average molecular weight is 432 g/mol. The summed E-state index contributed by atoms with van der Waals surface area (Å²) in [5.74, 6) is -0.530. The van der Waals surface area contributed by atoms with Crippen LogP contribution < -0.4 is 4.31 Å². The average Bonchev–Trinajstić information content (AvgIpc) is 2.81. The molecule has 0 bridgehead atoms. The van der Waals surface area contributed by atoms with Crippen molar-refractivity contribution in [2.75, 3.05) is 4.31 Å². The molecule has 1 unspecified atom stereocenters. The number of esters is 1. The van der Waals surface area contributed by atoms with Crippen LogP contribution in [0, 0.1) is 6.92 Å². The zero-order valence-corrected chi connectivity index (χ0v) is 16.9. The number of rotatable bonds is 4. The van der Waals surface area contributed by atoms with E-state index in [0.29, 0.717) is 15.2 Å². The number of anilines is 2. The Labute approximate surface area is 156 Å². The number of benzene rings is 1. The molecule has 0 saturated heterocycles. The van der Waals surface area contributed by atoms with E-state index in [-0.39, 0.29) is 4.88 Å². The van der Waals surface area contributed by atoms with Gasteiger partial charge in [-0.3, -0.25) is 4.55 Å². The number of thiophene rings is 1. The van der Waals surface area contributed by atoms with E-state index in [9.17, 15) is 13.6 Å². The summed E-state index contributed by atoms with van der Waals surface area (Å²) in [5, 5.41) is 0. The summed E-state index contributed by atoms with van der Waals surface area (Å²) in [5.41, 5.74) is 1.04. The number of ether oxygens (including phenoxy) is 1. The van der Waals surface area contributed by atoms with E-state index in [1.807, 2.05) is 19.1 Å². The first-order valence-electron chi connectivity index (χ1n) is 7.09. The quantitative estimate of drug-likeness (QED) is 0.543. The molecule has 1 aromatic carbocycles. The fourth-order valence-corrected chi connectivity index (χ4v) is 4.25. The summed E-state index contributed by atoms with van der Waals surface area (Å²) < 4.78 is 29.1. The van der Waals surface area contributed by atoms with E-state index in [1.165, 1.54) is 4.31 Å². The van der Waals surface area contributed by atoms with Gasteiger partial charge in [-0.15, -0.1) is 11.3 Å². The minimum Gasteiger partial charge on any atom is -0.456 e. The Morgan fingerprint density at radius 1 is 1.29 bits per heavy atom. The second-order valence-corrected chi connectivity index (χ2v) is 9.34. The lowest BCUT2D eigenvalue weighted by Gasteiger charge is -2.23. The highest BCUT2D eigenvalue weighted by molar-refractivity contribution is 9.11. The topological polar surface area (TPSA) is 66.8 Å². The Balaban J connectivity index is 2.55. The number of aryl methyl sites for hydroxylation is 1. The van der Waals surface area contributed by atoms with Crippen molar-refractivity contribution in [3.05, 3.63) is 44.6 Å². The molecular formula is C16H18BrNO4S2. The van der Waals surface area contributed by atoms with Crippen molar-refractivity contribution in [2.45, 2.75) is 33.3 Å². The molecule has 0 amide bonds. The van der Waals surface area contributed by atoms with Gasteiger partial charge in [0.25, 0.3) is 11.3 Å². The lowest BCUT2D eigenvalue weighted by Crippen LogP contribution is -2.26. The van der Waals surface area contributed by atoms with Crippen LogP contribution in [-0.2, 0) is 16.0 Å². The smallest absolute Gasteiger partial charge is 0.351 e. The summed E-state index contributed by atoms with van der Waals surface area (Å²) in [6, 6.07) is 8.83. The van der Waals surface area contributed by atoms with Gasteiger partial charge in [0.2, 0.25) is 0 Å². The third-order valence-electron chi connectivity index (χ3n) is 2.98. The van der Waals surface area contributed by atoms with E-state index >= 15 is 0 Å². The van der Waals surface area contributed by atoms with E-state index in [1.54, 1.807) is 39.0 Å². The van der Waals surface area contributed by atoms with Crippen LogP contribution in [0.4, 0.5) is 11.4 Å². The largest absolute Gasteiger partial charge is 0.456 e. The molecule has 2 rings (SSSR count). The van der Waals surface area contributed by atoms with Crippen molar-refractivity contribution in [1.82, 2.24) is 0 Å². The maximum absolute atomic E-state index is 12.5. The molecule has 1 atom stereocenters. The lowest BCUT2D eigenvalue weighted by molar-refractivity contribution is 0.00762. The van der Waals surface area contributed by atoms with Gasteiger partial charge < -0.3 is 4.74 Å². The summed E-state index contributed by atoms with van der Waals surface area (Å²) in [6.07, 6.45) is 0. The summed E-state index contributed by atoms with van der Waals surface area (Å²) in [4.78, 5) is 12.8. The second kappa shape index (κ2) is 7.35. The van der Waals surface area contributed by atoms with E-state index < -0.39 is 22.8 Å². The Hall–Kier alpha value is -1.22. The highest BCUT2D eigenvalue weighted by Crippen LogP contribution is 2.40. The molecule has 0 aliphatic rings. The Morgan fingerprint density at radius 2 is 1.92 bits per heavy atom. The van der Waals surface area contributed by atoms with Crippen LogP contribution in [-0.4, -0.2) is 20.3 Å². The maximum Gasteiger partial charge on any atom is 0.351 e. The number of nitrogens with zero attached hydrogens (tertiary/aromatic N) is 1. The fraction of sp³-hybridized carbons (Fsp3) is 0.312. The first kappa shape index (κ1) is 19.1. The van der Waals surface area contributed by atoms with Crippen LogP contribution in [0.1, 0.15) is 36.0 Å². The summed E-state index contributed by atoms with van der Waals surface area (Å²) in [6.45, 7) is 7.16. The van der Waals surface area contributed by atoms with Crippen LogP contribution >= 0.6 is 27.3 Å². The SMILES string of the molecule is Cc1ccccc1N(c1cc(Br)sc1C(=O)OC(C)(C)C)S(=O)O. The van der Waals surface area contributed by atoms with Crippen LogP contribution in [0.2, 0.25) is 0 Å². The standard InChI is InChI=1S/C16H18BrNO4S2/c1-10-7-5-6-8-11(10)18(24(20)21)12-9-13(17)23-14(12)15(19)22-16(2,3)4/h5-9H,1-4H3,(H,20,21). The highest BCUT2D eigenvalue weighted by Gasteiger charge is 2.28. The molecule has 0 radical (unpaired) electrons. The molecule has 0 aliphatic heterocycles. The normalized spacial score (nSPS) is 12.8. The Bertz CT molecular complexity index is 783. The van der Waals surface area contributed by atoms with Crippen LogP contribution in [0.25, 0.3) is 0 Å². The van der Waals surface area contributed by atoms with E-state index in [2.05, 4.69) is 15.9 Å². The molecule has 1 heterocycles. The maximum atomic E-state index is 12.5. The first-order chi connectivity index (χ1) is 11.1.